The average molecular weight is 598 g/mol. The Morgan fingerprint density at radius 3 is 1.79 bits per heavy atom. The number of hydrogen-bond acceptors (Lipinski definition) is 8. The molecule has 1 saturated carbocycles. The second kappa shape index (κ2) is 12.4. The van der Waals surface area contributed by atoms with Gasteiger partial charge in [-0.15, -0.1) is 11.3 Å². The number of aliphatic carboxylic acids is 1. The summed E-state index contributed by atoms with van der Waals surface area (Å²) < 4.78 is 5.60. The molecule has 0 aliphatic heterocycles. The number of nitrogens with one attached hydrogen (secondary N) is 1. The van der Waals surface area contributed by atoms with Crippen LogP contribution in [0.4, 0.5) is 5.13 Å². The van der Waals surface area contributed by atoms with E-state index in [1.165, 1.54) is 11.3 Å². The van der Waals surface area contributed by atoms with Gasteiger partial charge in [0.2, 0.25) is 11.3 Å². The van der Waals surface area contributed by atoms with Crippen LogP contribution < -0.4 is 5.32 Å². The molecule has 3 aromatic carbocycles. The molecule has 0 atom stereocenters. The zero-order chi connectivity index (χ0) is 30.5. The van der Waals surface area contributed by atoms with Crippen molar-refractivity contribution in [2.45, 2.75) is 63.2 Å². The summed E-state index contributed by atoms with van der Waals surface area (Å²) in [6.45, 7) is 5.34. The third-order valence-corrected chi connectivity index (χ3v) is 8.12. The molecule has 2 N–H and O–H groups in total. The summed E-state index contributed by atoms with van der Waals surface area (Å²) in [6, 6.07) is 30.1. The normalized spacial score (nSPS) is 15.1. The molecule has 9 heteroatoms. The van der Waals surface area contributed by atoms with Gasteiger partial charge in [0.05, 0.1) is 0 Å². The van der Waals surface area contributed by atoms with E-state index in [4.69, 9.17) is 9.57 Å². The largest absolute Gasteiger partial charge is 0.476 e. The summed E-state index contributed by atoms with van der Waals surface area (Å²) in [5, 5.41) is 19.9. The molecular formula is C34H35N3O5S. The van der Waals surface area contributed by atoms with Crippen molar-refractivity contribution in [2.24, 2.45) is 5.16 Å². The fourth-order valence-corrected chi connectivity index (χ4v) is 6.11. The van der Waals surface area contributed by atoms with E-state index in [1.54, 1.807) is 26.2 Å². The number of rotatable bonds is 10. The molecule has 0 unspecified atom stereocenters. The van der Waals surface area contributed by atoms with Crippen LogP contribution in [0.1, 0.15) is 68.8 Å². The molecule has 0 saturated heterocycles. The van der Waals surface area contributed by atoms with Gasteiger partial charge in [0.25, 0.3) is 0 Å². The van der Waals surface area contributed by atoms with Crippen molar-refractivity contribution in [1.29, 1.82) is 0 Å². The van der Waals surface area contributed by atoms with Crippen LogP contribution in [0.3, 0.4) is 0 Å². The minimum atomic E-state index is -1.33. The first-order valence-corrected chi connectivity index (χ1v) is 15.1. The Balaban J connectivity index is 1.53. The van der Waals surface area contributed by atoms with Gasteiger partial charge in [-0.1, -0.05) is 96.2 Å². The summed E-state index contributed by atoms with van der Waals surface area (Å²) >= 11 is 1.26. The number of anilines is 1. The predicted octanol–water partition coefficient (Wildman–Crippen LogP) is 7.01. The van der Waals surface area contributed by atoms with Gasteiger partial charge in [0.1, 0.15) is 16.8 Å². The highest BCUT2D eigenvalue weighted by Crippen LogP contribution is 2.41. The number of oxime groups is 1. The zero-order valence-corrected chi connectivity index (χ0v) is 25.3. The quantitative estimate of drug-likeness (QED) is 0.0876. The summed E-state index contributed by atoms with van der Waals surface area (Å²) in [7, 11) is 0. The lowest BCUT2D eigenvalue weighted by Gasteiger charge is -2.36. The van der Waals surface area contributed by atoms with Crippen LogP contribution in [0, 0.1) is 0 Å². The number of aromatic nitrogens is 1. The first kappa shape index (κ1) is 30.0. The van der Waals surface area contributed by atoms with Gasteiger partial charge in [0, 0.05) is 18.2 Å². The predicted molar refractivity (Wildman–Crippen MR) is 167 cm³/mol. The van der Waals surface area contributed by atoms with Crippen molar-refractivity contribution in [3.05, 3.63) is 119 Å². The lowest BCUT2D eigenvalue weighted by atomic mass is 9.77. The second-order valence-electron chi connectivity index (χ2n) is 11.6. The molecule has 1 aromatic heterocycles. The molecule has 1 fully saturated rings. The van der Waals surface area contributed by atoms with E-state index in [1.807, 2.05) is 54.6 Å². The fourth-order valence-electron chi connectivity index (χ4n) is 5.36. The Hall–Kier alpha value is -4.50. The van der Waals surface area contributed by atoms with Crippen LogP contribution in [0.2, 0.25) is 0 Å². The van der Waals surface area contributed by atoms with Crippen molar-refractivity contribution in [3.63, 3.8) is 0 Å². The van der Waals surface area contributed by atoms with Crippen LogP contribution in [0.25, 0.3) is 0 Å². The number of carbonyl (C=O) groups is 2. The van der Waals surface area contributed by atoms with Gasteiger partial charge in [-0.05, 0) is 50.3 Å². The van der Waals surface area contributed by atoms with Crippen LogP contribution in [-0.2, 0) is 24.7 Å². The number of carboxylic acid groups (broad SMARTS) is 1. The smallest absolute Gasteiger partial charge is 0.360 e. The SMILES string of the molecule is CC(C)(C)OC(=O)C1(O/N=C(\C(=O)O)c2csc(NC(c3ccccc3)(c3ccccc3)c3ccccc3)n2)CCCC1. The van der Waals surface area contributed by atoms with Crippen molar-refractivity contribution in [2.75, 3.05) is 5.32 Å². The Morgan fingerprint density at radius 1 is 0.860 bits per heavy atom. The Bertz CT molecular complexity index is 1480. The van der Waals surface area contributed by atoms with Crippen molar-refractivity contribution < 1.29 is 24.3 Å². The van der Waals surface area contributed by atoms with Gasteiger partial charge in [-0.2, -0.15) is 0 Å². The first-order chi connectivity index (χ1) is 20.6. The van der Waals surface area contributed by atoms with Crippen LogP contribution in [0.5, 0.6) is 0 Å². The molecule has 0 bridgehead atoms. The number of nitrogens with zero attached hydrogens (tertiary/aromatic N) is 2. The number of hydrogen-bond donors (Lipinski definition) is 2. The van der Waals surface area contributed by atoms with Gasteiger partial charge < -0.3 is 20.0 Å². The molecule has 4 aromatic rings. The highest BCUT2D eigenvalue weighted by molar-refractivity contribution is 7.14. The summed E-state index contributed by atoms with van der Waals surface area (Å²) in [5.41, 5.74) is -0.174. The minimum Gasteiger partial charge on any atom is -0.476 e. The highest BCUT2D eigenvalue weighted by atomic mass is 32.1. The molecule has 0 radical (unpaired) electrons. The second-order valence-corrected chi connectivity index (χ2v) is 12.4. The average Bonchev–Trinajstić information content (AvgIpc) is 3.67. The van der Waals surface area contributed by atoms with E-state index < -0.39 is 28.7 Å². The molecular weight excluding hydrogens is 562 g/mol. The first-order valence-electron chi connectivity index (χ1n) is 14.3. The topological polar surface area (TPSA) is 110 Å². The van der Waals surface area contributed by atoms with E-state index in [0.29, 0.717) is 18.0 Å². The molecule has 8 nitrogen and oxygen atoms in total. The molecule has 1 heterocycles. The zero-order valence-electron chi connectivity index (χ0n) is 24.4. The van der Waals surface area contributed by atoms with E-state index in [2.05, 4.69) is 51.9 Å². The molecule has 1 aliphatic carbocycles. The van der Waals surface area contributed by atoms with Crippen molar-refractivity contribution >= 4 is 34.1 Å². The van der Waals surface area contributed by atoms with Gasteiger partial charge in [-0.3, -0.25) is 0 Å². The number of carbonyl (C=O) groups excluding carboxylic acids is 1. The molecule has 222 valence electrons. The number of thiazole rings is 1. The summed E-state index contributed by atoms with van der Waals surface area (Å²) in [4.78, 5) is 35.9. The number of ether oxygens (including phenoxy) is 1. The van der Waals surface area contributed by atoms with Crippen molar-refractivity contribution in [1.82, 2.24) is 4.98 Å². The molecule has 43 heavy (non-hydrogen) atoms. The molecule has 0 spiro atoms. The van der Waals surface area contributed by atoms with E-state index in [-0.39, 0.29) is 11.4 Å². The van der Waals surface area contributed by atoms with E-state index >= 15 is 0 Å². The Labute approximate surface area is 255 Å². The third-order valence-electron chi connectivity index (χ3n) is 7.36. The van der Waals surface area contributed by atoms with E-state index in [0.717, 1.165) is 29.5 Å². The maximum Gasteiger partial charge on any atom is 0.360 e. The number of carboxylic acids is 1. The van der Waals surface area contributed by atoms with E-state index in [9.17, 15) is 14.7 Å². The highest BCUT2D eigenvalue weighted by Gasteiger charge is 2.47. The third kappa shape index (κ3) is 6.46. The molecule has 1 aliphatic rings. The Kier molecular flexibility index (Phi) is 8.64. The standard InChI is InChI=1S/C34H35N3O5S/c1-32(2,3)41-30(40)33(21-13-14-22-33)42-37-28(29(38)39)27-23-43-31(35-27)36-34(24-15-7-4-8-16-24,25-17-9-5-10-18-25)26-19-11-6-12-20-26/h4-12,15-20,23H,13-14,21-22H2,1-3H3,(H,35,36)(H,38,39)/b37-28-. The minimum absolute atomic E-state index is 0.125. The lowest BCUT2D eigenvalue weighted by Crippen LogP contribution is -2.43. The maximum atomic E-state index is 13.1. The van der Waals surface area contributed by atoms with Gasteiger partial charge in [-0.25, -0.2) is 14.6 Å². The number of esters is 1. The van der Waals surface area contributed by atoms with Crippen molar-refractivity contribution in [3.8, 4) is 0 Å². The fraction of sp³-hybridized carbons (Fsp3) is 0.294. The van der Waals surface area contributed by atoms with Crippen LogP contribution in [-0.4, -0.2) is 38.9 Å². The Morgan fingerprint density at radius 2 is 1.35 bits per heavy atom. The molecule has 5 rings (SSSR count). The molecule has 0 amide bonds. The van der Waals surface area contributed by atoms with Crippen LogP contribution in [0.15, 0.2) is 102 Å². The maximum absolute atomic E-state index is 13.1. The summed E-state index contributed by atoms with van der Waals surface area (Å²) in [5.74, 6) is -1.85. The van der Waals surface area contributed by atoms with Gasteiger partial charge in [0.15, 0.2) is 5.13 Å². The number of benzene rings is 3. The monoisotopic (exact) mass is 597 g/mol. The lowest BCUT2D eigenvalue weighted by molar-refractivity contribution is -0.183. The van der Waals surface area contributed by atoms with Crippen LogP contribution >= 0.6 is 11.3 Å². The van der Waals surface area contributed by atoms with Gasteiger partial charge >= 0.3 is 11.9 Å². The summed E-state index contributed by atoms with van der Waals surface area (Å²) in [6.07, 6.45) is 2.30.